The molecule has 4 rings (SSSR count). The first-order valence-electron chi connectivity index (χ1n) is 8.85. The number of halogens is 1. The molecule has 0 aliphatic carbocycles. The van der Waals surface area contributed by atoms with Crippen LogP contribution in [-0.4, -0.2) is 17.4 Å². The summed E-state index contributed by atoms with van der Waals surface area (Å²) in [5.41, 5.74) is 4.71. The number of amides is 1. The van der Waals surface area contributed by atoms with Crippen molar-refractivity contribution in [3.05, 3.63) is 106 Å². The summed E-state index contributed by atoms with van der Waals surface area (Å²) in [6.45, 7) is 2.61. The quantitative estimate of drug-likeness (QED) is 0.645. The number of carbonyl (C=O) groups excluding carboxylic acids is 1. The average molecular weight is 345 g/mol. The second-order valence-corrected chi connectivity index (χ2v) is 6.74. The maximum absolute atomic E-state index is 14.2. The summed E-state index contributed by atoms with van der Waals surface area (Å²) in [4.78, 5) is 15.0. The van der Waals surface area contributed by atoms with Gasteiger partial charge in [-0.2, -0.15) is 0 Å². The van der Waals surface area contributed by atoms with E-state index in [9.17, 15) is 9.18 Å². The highest BCUT2D eigenvalue weighted by Crippen LogP contribution is 2.36. The fourth-order valence-electron chi connectivity index (χ4n) is 3.68. The number of nitrogens with zero attached hydrogens (tertiary/aromatic N) is 1. The smallest absolute Gasteiger partial charge is 0.257 e. The van der Waals surface area contributed by atoms with Gasteiger partial charge in [-0.3, -0.25) is 4.79 Å². The molecule has 0 saturated carbocycles. The van der Waals surface area contributed by atoms with Gasteiger partial charge in [0.1, 0.15) is 5.82 Å². The fourth-order valence-corrected chi connectivity index (χ4v) is 3.68. The molecule has 0 saturated heterocycles. The molecule has 1 aliphatic heterocycles. The molecule has 0 radical (unpaired) electrons. The predicted octanol–water partition coefficient (Wildman–Crippen LogP) is 4.92. The lowest BCUT2D eigenvalue weighted by molar-refractivity contribution is 0.0690. The Morgan fingerprint density at radius 2 is 1.65 bits per heavy atom. The van der Waals surface area contributed by atoms with Gasteiger partial charge >= 0.3 is 0 Å². The van der Waals surface area contributed by atoms with Crippen molar-refractivity contribution in [1.82, 2.24) is 4.90 Å². The van der Waals surface area contributed by atoms with E-state index in [1.54, 1.807) is 23.1 Å². The lowest BCUT2D eigenvalue weighted by Gasteiger charge is -2.38. The SMILES string of the molecule is Cc1ccc([C@@H]2c3ccccc3CCN2C(=O)c2ccccc2F)cc1. The van der Waals surface area contributed by atoms with E-state index >= 15 is 0 Å². The monoisotopic (exact) mass is 345 g/mol. The number of carbonyl (C=O) groups is 1. The van der Waals surface area contributed by atoms with Gasteiger partial charge in [0.2, 0.25) is 0 Å². The van der Waals surface area contributed by atoms with E-state index in [-0.39, 0.29) is 17.5 Å². The first-order chi connectivity index (χ1) is 12.6. The van der Waals surface area contributed by atoms with Crippen molar-refractivity contribution < 1.29 is 9.18 Å². The Bertz CT molecular complexity index is 948. The average Bonchev–Trinajstić information content (AvgIpc) is 2.68. The Kier molecular flexibility index (Phi) is 4.29. The molecule has 1 atom stereocenters. The molecule has 0 unspecified atom stereocenters. The van der Waals surface area contributed by atoms with Gasteiger partial charge in [0, 0.05) is 6.54 Å². The van der Waals surface area contributed by atoms with Gasteiger partial charge in [-0.1, -0.05) is 66.2 Å². The van der Waals surface area contributed by atoms with Gasteiger partial charge in [-0.15, -0.1) is 0 Å². The first-order valence-corrected chi connectivity index (χ1v) is 8.85. The summed E-state index contributed by atoms with van der Waals surface area (Å²) in [5, 5.41) is 0. The van der Waals surface area contributed by atoms with E-state index in [1.807, 2.05) is 19.1 Å². The van der Waals surface area contributed by atoms with Crippen molar-refractivity contribution in [2.24, 2.45) is 0 Å². The highest BCUT2D eigenvalue weighted by Gasteiger charge is 2.33. The van der Waals surface area contributed by atoms with Crippen LogP contribution < -0.4 is 0 Å². The van der Waals surface area contributed by atoms with Crippen LogP contribution in [0.3, 0.4) is 0 Å². The molecule has 2 nitrogen and oxygen atoms in total. The number of aryl methyl sites for hydroxylation is 1. The molecule has 0 spiro atoms. The van der Waals surface area contributed by atoms with Crippen LogP contribution in [0.1, 0.15) is 38.7 Å². The van der Waals surface area contributed by atoms with Gasteiger partial charge in [0.15, 0.2) is 0 Å². The van der Waals surface area contributed by atoms with Gasteiger partial charge < -0.3 is 4.90 Å². The van der Waals surface area contributed by atoms with Crippen LogP contribution in [-0.2, 0) is 6.42 Å². The third-order valence-corrected chi connectivity index (χ3v) is 5.04. The minimum atomic E-state index is -0.473. The normalized spacial score (nSPS) is 16.2. The zero-order valence-electron chi connectivity index (χ0n) is 14.7. The molecule has 26 heavy (non-hydrogen) atoms. The molecule has 1 amide bonds. The highest BCUT2D eigenvalue weighted by atomic mass is 19.1. The third kappa shape index (κ3) is 2.90. The largest absolute Gasteiger partial charge is 0.327 e. The van der Waals surface area contributed by atoms with E-state index in [4.69, 9.17) is 0 Å². The zero-order chi connectivity index (χ0) is 18.1. The maximum Gasteiger partial charge on any atom is 0.257 e. The second kappa shape index (κ2) is 6.75. The van der Waals surface area contributed by atoms with Crippen LogP contribution in [0, 0.1) is 12.7 Å². The van der Waals surface area contributed by atoms with E-state index in [1.165, 1.54) is 17.2 Å². The molecule has 3 aromatic rings. The summed E-state index contributed by atoms with van der Waals surface area (Å²) in [5.74, 6) is -0.734. The van der Waals surface area contributed by atoms with Crippen LogP contribution in [0.4, 0.5) is 4.39 Å². The van der Waals surface area contributed by atoms with E-state index in [0.717, 1.165) is 17.5 Å². The molecule has 0 N–H and O–H groups in total. The van der Waals surface area contributed by atoms with Crippen LogP contribution in [0.15, 0.2) is 72.8 Å². The van der Waals surface area contributed by atoms with Crippen molar-refractivity contribution in [3.8, 4) is 0 Å². The molecular formula is C23H20FNO. The Hall–Kier alpha value is -2.94. The van der Waals surface area contributed by atoms with Crippen LogP contribution in [0.25, 0.3) is 0 Å². The molecule has 0 fully saturated rings. The van der Waals surface area contributed by atoms with Crippen molar-refractivity contribution in [2.45, 2.75) is 19.4 Å². The van der Waals surface area contributed by atoms with E-state index < -0.39 is 5.82 Å². The molecule has 3 aromatic carbocycles. The first kappa shape index (κ1) is 16.5. The number of benzene rings is 3. The fraction of sp³-hybridized carbons (Fsp3) is 0.174. The van der Waals surface area contributed by atoms with Crippen molar-refractivity contribution >= 4 is 5.91 Å². The predicted molar refractivity (Wildman–Crippen MR) is 101 cm³/mol. The molecule has 1 heterocycles. The van der Waals surface area contributed by atoms with Crippen molar-refractivity contribution in [2.75, 3.05) is 6.54 Å². The molecule has 3 heteroatoms. The zero-order valence-corrected chi connectivity index (χ0v) is 14.7. The summed E-state index contributed by atoms with van der Waals surface area (Å²) in [7, 11) is 0. The molecule has 0 aromatic heterocycles. The summed E-state index contributed by atoms with van der Waals surface area (Å²) < 4.78 is 14.2. The summed E-state index contributed by atoms with van der Waals surface area (Å²) >= 11 is 0. The molecule has 130 valence electrons. The van der Waals surface area contributed by atoms with Gasteiger partial charge in [0.05, 0.1) is 11.6 Å². The highest BCUT2D eigenvalue weighted by molar-refractivity contribution is 5.95. The van der Waals surface area contributed by atoms with Crippen molar-refractivity contribution in [3.63, 3.8) is 0 Å². The summed E-state index contributed by atoms with van der Waals surface area (Å²) in [6.07, 6.45) is 0.777. The molecule has 0 bridgehead atoms. The minimum absolute atomic E-state index is 0.129. The standard InChI is InChI=1S/C23H20FNO/c1-16-10-12-18(13-11-16)22-19-7-3-2-6-17(19)14-15-25(22)23(26)20-8-4-5-9-21(20)24/h2-13,22H,14-15H2,1H3/t22-/m1/s1. The second-order valence-electron chi connectivity index (χ2n) is 6.74. The Morgan fingerprint density at radius 3 is 2.42 bits per heavy atom. The Morgan fingerprint density at radius 1 is 0.962 bits per heavy atom. The number of hydrogen-bond acceptors (Lipinski definition) is 1. The van der Waals surface area contributed by atoms with E-state index in [0.29, 0.717) is 6.54 Å². The topological polar surface area (TPSA) is 20.3 Å². The number of hydrogen-bond donors (Lipinski definition) is 0. The molecular weight excluding hydrogens is 325 g/mol. The van der Waals surface area contributed by atoms with E-state index in [2.05, 4.69) is 36.4 Å². The third-order valence-electron chi connectivity index (χ3n) is 5.04. The van der Waals surface area contributed by atoms with Crippen LogP contribution in [0.2, 0.25) is 0 Å². The minimum Gasteiger partial charge on any atom is -0.327 e. The van der Waals surface area contributed by atoms with Gasteiger partial charge in [0.25, 0.3) is 5.91 Å². The van der Waals surface area contributed by atoms with Crippen LogP contribution in [0.5, 0.6) is 0 Å². The number of fused-ring (bicyclic) bond motifs is 1. The maximum atomic E-state index is 14.2. The summed E-state index contributed by atoms with van der Waals surface area (Å²) in [6, 6.07) is 22.4. The lowest BCUT2D eigenvalue weighted by atomic mass is 9.87. The Labute approximate surface area is 152 Å². The van der Waals surface area contributed by atoms with Gasteiger partial charge in [-0.05, 0) is 42.2 Å². The Balaban J connectivity index is 1.82. The number of rotatable bonds is 2. The lowest BCUT2D eigenvalue weighted by Crippen LogP contribution is -2.41. The van der Waals surface area contributed by atoms with Crippen molar-refractivity contribution in [1.29, 1.82) is 0 Å². The van der Waals surface area contributed by atoms with Gasteiger partial charge in [-0.25, -0.2) is 4.39 Å². The molecule has 1 aliphatic rings. The van der Waals surface area contributed by atoms with Crippen LogP contribution >= 0.6 is 0 Å².